The minimum Gasteiger partial charge on any atom is -0.293 e. The molecule has 1 fully saturated rings. The summed E-state index contributed by atoms with van der Waals surface area (Å²) in [5, 5.41) is 2.03. The summed E-state index contributed by atoms with van der Waals surface area (Å²) >= 11 is 1.61. The lowest BCUT2D eigenvalue weighted by molar-refractivity contribution is 0.0875. The van der Waals surface area contributed by atoms with Gasteiger partial charge in [0.05, 0.1) is 4.88 Å². The van der Waals surface area contributed by atoms with Crippen molar-refractivity contribution in [3.63, 3.8) is 0 Å². The van der Waals surface area contributed by atoms with Crippen LogP contribution in [-0.4, -0.2) is 5.78 Å². The Hall–Kier alpha value is -0.630. The van der Waals surface area contributed by atoms with Crippen LogP contribution in [0.3, 0.4) is 0 Å². The van der Waals surface area contributed by atoms with Gasteiger partial charge in [-0.2, -0.15) is 0 Å². The number of hydrogen-bond acceptors (Lipinski definition) is 2. The lowest BCUT2D eigenvalue weighted by Gasteiger charge is -2.26. The highest BCUT2D eigenvalue weighted by Gasteiger charge is 2.27. The van der Waals surface area contributed by atoms with Gasteiger partial charge in [-0.25, -0.2) is 0 Å². The summed E-state index contributed by atoms with van der Waals surface area (Å²) in [4.78, 5) is 13.3. The first kappa shape index (κ1) is 11.8. The van der Waals surface area contributed by atoms with Crippen molar-refractivity contribution in [1.82, 2.24) is 0 Å². The Bertz CT molecular complexity index is 359. The summed E-state index contributed by atoms with van der Waals surface area (Å²) in [7, 11) is 0. The van der Waals surface area contributed by atoms with Crippen LogP contribution in [0.1, 0.15) is 54.3 Å². The molecule has 1 aliphatic rings. The van der Waals surface area contributed by atoms with E-state index in [0.717, 1.165) is 29.2 Å². The van der Waals surface area contributed by atoms with Gasteiger partial charge in [-0.05, 0) is 55.5 Å². The van der Waals surface area contributed by atoms with E-state index in [0.29, 0.717) is 11.7 Å². The van der Waals surface area contributed by atoms with Crippen LogP contribution in [0.25, 0.3) is 0 Å². The van der Waals surface area contributed by atoms with Crippen LogP contribution in [0, 0.1) is 18.8 Å². The Morgan fingerprint density at radius 2 is 2.06 bits per heavy atom. The number of ketones is 1. The van der Waals surface area contributed by atoms with Crippen molar-refractivity contribution in [2.24, 2.45) is 11.8 Å². The minimum atomic E-state index is 0.306. The van der Waals surface area contributed by atoms with Crippen LogP contribution < -0.4 is 0 Å². The maximum atomic E-state index is 12.3. The van der Waals surface area contributed by atoms with Crippen LogP contribution >= 0.6 is 11.3 Å². The molecule has 1 nitrogen and oxygen atoms in total. The fourth-order valence-electron chi connectivity index (χ4n) is 2.64. The lowest BCUT2D eigenvalue weighted by Crippen LogP contribution is -2.21. The van der Waals surface area contributed by atoms with E-state index in [-0.39, 0.29) is 0 Å². The zero-order chi connectivity index (χ0) is 11.5. The third-order valence-electron chi connectivity index (χ3n) is 3.88. The van der Waals surface area contributed by atoms with Crippen LogP contribution in [0.2, 0.25) is 0 Å². The molecule has 0 unspecified atom stereocenters. The lowest BCUT2D eigenvalue weighted by atomic mass is 9.78. The molecule has 1 aromatic rings. The Balaban J connectivity index is 2.00. The molecule has 0 atom stereocenters. The summed E-state index contributed by atoms with van der Waals surface area (Å²) in [5.41, 5.74) is 1.16. The van der Waals surface area contributed by atoms with Crippen molar-refractivity contribution in [2.45, 2.75) is 46.0 Å². The third kappa shape index (κ3) is 2.37. The molecule has 0 amide bonds. The molecule has 1 aliphatic carbocycles. The smallest absolute Gasteiger partial charge is 0.176 e. The number of rotatable bonds is 3. The molecule has 0 spiro atoms. The summed E-state index contributed by atoms with van der Waals surface area (Å²) < 4.78 is 0. The predicted molar refractivity (Wildman–Crippen MR) is 69.1 cm³/mol. The van der Waals surface area contributed by atoms with E-state index in [1.54, 1.807) is 11.3 Å². The van der Waals surface area contributed by atoms with Crippen LogP contribution in [-0.2, 0) is 0 Å². The highest BCUT2D eigenvalue weighted by Crippen LogP contribution is 2.34. The predicted octanol–water partition coefficient (Wildman–Crippen LogP) is 4.46. The molecule has 2 heteroatoms. The molecule has 2 rings (SSSR count). The molecule has 0 saturated heterocycles. The molecule has 1 saturated carbocycles. The van der Waals surface area contributed by atoms with Gasteiger partial charge in [0.1, 0.15) is 0 Å². The van der Waals surface area contributed by atoms with E-state index >= 15 is 0 Å². The Labute approximate surface area is 102 Å². The van der Waals surface area contributed by atoms with Crippen molar-refractivity contribution in [2.75, 3.05) is 0 Å². The maximum absolute atomic E-state index is 12.3. The van der Waals surface area contributed by atoms with E-state index in [9.17, 15) is 4.79 Å². The fraction of sp³-hybridized carbons (Fsp3) is 0.643. The summed E-state index contributed by atoms with van der Waals surface area (Å²) in [6, 6.07) is 2.05. The highest BCUT2D eigenvalue weighted by molar-refractivity contribution is 7.12. The van der Waals surface area contributed by atoms with E-state index < -0.39 is 0 Å². The fourth-order valence-corrected chi connectivity index (χ4v) is 3.59. The van der Waals surface area contributed by atoms with Gasteiger partial charge in [0.15, 0.2) is 5.78 Å². The topological polar surface area (TPSA) is 17.1 Å². The van der Waals surface area contributed by atoms with E-state index in [1.807, 2.05) is 12.3 Å². The normalized spacial score (nSPS) is 25.6. The standard InChI is InChI=1S/C14H20OS/c1-3-11-4-6-12(7-5-11)13(15)14-10(2)8-9-16-14/h8-9,11-12H,3-7H2,1-2H3. The van der Waals surface area contributed by atoms with Crippen LogP contribution in [0.4, 0.5) is 0 Å². The molecule has 0 radical (unpaired) electrons. The maximum Gasteiger partial charge on any atom is 0.176 e. The second kappa shape index (κ2) is 5.13. The Kier molecular flexibility index (Phi) is 3.80. The monoisotopic (exact) mass is 236 g/mol. The second-order valence-corrected chi connectivity index (χ2v) is 5.84. The number of thiophene rings is 1. The largest absolute Gasteiger partial charge is 0.293 e. The summed E-state index contributed by atoms with van der Waals surface area (Å²) in [5.74, 6) is 1.58. The zero-order valence-electron chi connectivity index (χ0n) is 10.2. The average Bonchev–Trinajstić information content (AvgIpc) is 2.75. The van der Waals surface area contributed by atoms with Crippen molar-refractivity contribution < 1.29 is 4.79 Å². The van der Waals surface area contributed by atoms with E-state index in [1.165, 1.54) is 19.3 Å². The third-order valence-corrected chi connectivity index (χ3v) is 4.91. The molecule has 88 valence electrons. The van der Waals surface area contributed by atoms with Gasteiger partial charge in [-0.3, -0.25) is 4.79 Å². The zero-order valence-corrected chi connectivity index (χ0v) is 11.0. The van der Waals surface area contributed by atoms with Crippen molar-refractivity contribution in [3.8, 4) is 0 Å². The Morgan fingerprint density at radius 1 is 1.38 bits per heavy atom. The van der Waals surface area contributed by atoms with Gasteiger partial charge >= 0.3 is 0 Å². The van der Waals surface area contributed by atoms with Crippen molar-refractivity contribution in [3.05, 3.63) is 21.9 Å². The average molecular weight is 236 g/mol. The molecular weight excluding hydrogens is 216 g/mol. The summed E-state index contributed by atoms with van der Waals surface area (Å²) in [6.07, 6.45) is 5.98. The number of carbonyl (C=O) groups is 1. The van der Waals surface area contributed by atoms with E-state index in [4.69, 9.17) is 0 Å². The minimum absolute atomic E-state index is 0.306. The van der Waals surface area contributed by atoms with Gasteiger partial charge in [-0.1, -0.05) is 13.3 Å². The van der Waals surface area contributed by atoms with E-state index in [2.05, 4.69) is 13.0 Å². The molecular formula is C14H20OS. The Morgan fingerprint density at radius 3 is 2.56 bits per heavy atom. The van der Waals surface area contributed by atoms with Crippen molar-refractivity contribution in [1.29, 1.82) is 0 Å². The first-order chi connectivity index (χ1) is 7.72. The number of aryl methyl sites for hydroxylation is 1. The molecule has 0 aromatic carbocycles. The van der Waals surface area contributed by atoms with Gasteiger partial charge in [-0.15, -0.1) is 11.3 Å². The van der Waals surface area contributed by atoms with Gasteiger partial charge in [0.25, 0.3) is 0 Å². The second-order valence-electron chi connectivity index (χ2n) is 4.92. The molecule has 0 N–H and O–H groups in total. The highest BCUT2D eigenvalue weighted by atomic mass is 32.1. The molecule has 16 heavy (non-hydrogen) atoms. The van der Waals surface area contributed by atoms with Gasteiger partial charge < -0.3 is 0 Å². The molecule has 0 bridgehead atoms. The summed E-state index contributed by atoms with van der Waals surface area (Å²) in [6.45, 7) is 4.30. The number of Topliss-reactive ketones (excluding diaryl/α,β-unsaturated/α-hetero) is 1. The van der Waals surface area contributed by atoms with Crippen LogP contribution in [0.15, 0.2) is 11.4 Å². The number of hydrogen-bond donors (Lipinski definition) is 0. The first-order valence-corrected chi connectivity index (χ1v) is 7.18. The van der Waals surface area contributed by atoms with Crippen LogP contribution in [0.5, 0.6) is 0 Å². The quantitative estimate of drug-likeness (QED) is 0.708. The molecule has 0 aliphatic heterocycles. The SMILES string of the molecule is CCC1CCC(C(=O)c2sccc2C)CC1. The molecule has 1 aromatic heterocycles. The van der Waals surface area contributed by atoms with Gasteiger partial charge in [0.2, 0.25) is 0 Å². The van der Waals surface area contributed by atoms with Gasteiger partial charge in [0, 0.05) is 5.92 Å². The van der Waals surface area contributed by atoms with Crippen molar-refractivity contribution >= 4 is 17.1 Å². The number of carbonyl (C=O) groups excluding carboxylic acids is 1. The first-order valence-electron chi connectivity index (χ1n) is 6.30. The molecule has 1 heterocycles.